The van der Waals surface area contributed by atoms with Crippen LogP contribution in [0.2, 0.25) is 0 Å². The molecular weight excluding hydrogens is 270 g/mol. The Kier molecular flexibility index (Phi) is 4.97. The molecule has 0 bridgehead atoms. The van der Waals surface area contributed by atoms with Crippen LogP contribution in [0.1, 0.15) is 62.1 Å². The predicted octanol–water partition coefficient (Wildman–Crippen LogP) is 4.27. The second-order valence-electron chi connectivity index (χ2n) is 6.92. The lowest BCUT2D eigenvalue weighted by Crippen LogP contribution is -2.39. The zero-order chi connectivity index (χ0) is 15.4. The molecule has 0 radical (unpaired) electrons. The Bertz CT molecular complexity index is 555. The molecule has 3 rings (SSSR count). The van der Waals surface area contributed by atoms with Gasteiger partial charge in [0.2, 0.25) is 5.91 Å². The molecule has 2 aliphatic carbocycles. The minimum atomic E-state index is 0.208. The Morgan fingerprint density at radius 3 is 2.91 bits per heavy atom. The van der Waals surface area contributed by atoms with Gasteiger partial charge in [-0.25, -0.2) is 0 Å². The molecule has 0 heterocycles. The van der Waals surface area contributed by atoms with Gasteiger partial charge in [0.1, 0.15) is 0 Å². The SMILES string of the molecule is C[C@H](Cc1ccc2c(c1)C=CCC2)NC(=O)C1CCCCC1. The van der Waals surface area contributed by atoms with Gasteiger partial charge < -0.3 is 5.32 Å². The Morgan fingerprint density at radius 2 is 2.09 bits per heavy atom. The highest BCUT2D eigenvalue weighted by Gasteiger charge is 2.22. The quantitative estimate of drug-likeness (QED) is 0.883. The van der Waals surface area contributed by atoms with E-state index in [0.29, 0.717) is 0 Å². The van der Waals surface area contributed by atoms with E-state index in [2.05, 4.69) is 42.6 Å². The smallest absolute Gasteiger partial charge is 0.223 e. The zero-order valence-electron chi connectivity index (χ0n) is 13.6. The number of rotatable bonds is 4. The summed E-state index contributed by atoms with van der Waals surface area (Å²) < 4.78 is 0. The molecule has 2 nitrogen and oxygen atoms in total. The van der Waals surface area contributed by atoms with Gasteiger partial charge in [0, 0.05) is 12.0 Å². The van der Waals surface area contributed by atoms with Gasteiger partial charge in [-0.2, -0.15) is 0 Å². The van der Waals surface area contributed by atoms with Crippen molar-refractivity contribution < 1.29 is 4.79 Å². The van der Waals surface area contributed by atoms with Gasteiger partial charge >= 0.3 is 0 Å². The van der Waals surface area contributed by atoms with Gasteiger partial charge in [0.15, 0.2) is 0 Å². The number of hydrogen-bond donors (Lipinski definition) is 1. The number of allylic oxidation sites excluding steroid dienone is 1. The van der Waals surface area contributed by atoms with E-state index in [-0.39, 0.29) is 17.9 Å². The lowest BCUT2D eigenvalue weighted by atomic mass is 9.88. The fourth-order valence-corrected chi connectivity index (χ4v) is 3.73. The average molecular weight is 297 g/mol. The topological polar surface area (TPSA) is 29.1 Å². The third-order valence-corrected chi connectivity index (χ3v) is 4.99. The van der Waals surface area contributed by atoms with Crippen LogP contribution >= 0.6 is 0 Å². The van der Waals surface area contributed by atoms with E-state index in [1.54, 1.807) is 0 Å². The molecule has 0 saturated heterocycles. The number of carbonyl (C=O) groups excluding carboxylic acids is 1. The van der Waals surface area contributed by atoms with E-state index in [1.165, 1.54) is 36.0 Å². The molecule has 0 aromatic heterocycles. The van der Waals surface area contributed by atoms with Crippen molar-refractivity contribution in [3.8, 4) is 0 Å². The second kappa shape index (κ2) is 7.13. The maximum atomic E-state index is 12.3. The summed E-state index contributed by atoms with van der Waals surface area (Å²) >= 11 is 0. The van der Waals surface area contributed by atoms with Crippen molar-refractivity contribution in [2.75, 3.05) is 0 Å². The summed E-state index contributed by atoms with van der Waals surface area (Å²) in [6.45, 7) is 2.12. The molecule has 1 N–H and O–H groups in total. The summed E-state index contributed by atoms with van der Waals surface area (Å²) in [6.07, 6.45) is 13.6. The normalized spacial score (nSPS) is 19.5. The van der Waals surface area contributed by atoms with Gasteiger partial charge in [-0.3, -0.25) is 4.79 Å². The van der Waals surface area contributed by atoms with E-state index >= 15 is 0 Å². The first kappa shape index (κ1) is 15.3. The van der Waals surface area contributed by atoms with Crippen molar-refractivity contribution in [2.24, 2.45) is 5.92 Å². The molecule has 2 heteroatoms. The summed E-state index contributed by atoms with van der Waals surface area (Å²) in [6, 6.07) is 6.97. The summed E-state index contributed by atoms with van der Waals surface area (Å²) in [5.41, 5.74) is 4.13. The van der Waals surface area contributed by atoms with Gasteiger partial charge in [0.25, 0.3) is 0 Å². The van der Waals surface area contributed by atoms with Gasteiger partial charge in [-0.15, -0.1) is 0 Å². The van der Waals surface area contributed by atoms with Crippen molar-refractivity contribution in [1.82, 2.24) is 5.32 Å². The van der Waals surface area contributed by atoms with Crippen LogP contribution in [0.15, 0.2) is 24.3 Å². The van der Waals surface area contributed by atoms with Crippen LogP contribution in [-0.4, -0.2) is 11.9 Å². The molecule has 1 amide bonds. The maximum Gasteiger partial charge on any atom is 0.223 e. The number of nitrogens with one attached hydrogen (secondary N) is 1. The van der Waals surface area contributed by atoms with E-state index in [9.17, 15) is 4.79 Å². The molecule has 1 aromatic rings. The highest BCUT2D eigenvalue weighted by atomic mass is 16.1. The number of carbonyl (C=O) groups is 1. The van der Waals surface area contributed by atoms with Gasteiger partial charge in [-0.1, -0.05) is 49.6 Å². The maximum absolute atomic E-state index is 12.3. The summed E-state index contributed by atoms with van der Waals surface area (Å²) in [7, 11) is 0. The average Bonchev–Trinajstić information content (AvgIpc) is 2.55. The monoisotopic (exact) mass is 297 g/mol. The van der Waals surface area contributed by atoms with Crippen molar-refractivity contribution in [1.29, 1.82) is 0 Å². The minimum Gasteiger partial charge on any atom is -0.353 e. The Morgan fingerprint density at radius 1 is 1.27 bits per heavy atom. The van der Waals surface area contributed by atoms with Crippen LogP contribution in [0.4, 0.5) is 0 Å². The molecule has 118 valence electrons. The Labute approximate surface area is 134 Å². The number of aryl methyl sites for hydroxylation is 1. The molecule has 0 aliphatic heterocycles. The molecule has 0 unspecified atom stereocenters. The molecule has 1 aromatic carbocycles. The molecule has 1 atom stereocenters. The van der Waals surface area contributed by atoms with Crippen molar-refractivity contribution in [3.05, 3.63) is 41.0 Å². The van der Waals surface area contributed by atoms with Crippen LogP contribution in [0.3, 0.4) is 0 Å². The second-order valence-corrected chi connectivity index (χ2v) is 6.92. The fourth-order valence-electron chi connectivity index (χ4n) is 3.73. The van der Waals surface area contributed by atoms with Gasteiger partial charge in [0.05, 0.1) is 0 Å². The van der Waals surface area contributed by atoms with Gasteiger partial charge in [-0.05, 0) is 55.7 Å². The fraction of sp³-hybridized carbons (Fsp3) is 0.550. The van der Waals surface area contributed by atoms with Crippen molar-refractivity contribution in [2.45, 2.75) is 64.3 Å². The van der Waals surface area contributed by atoms with E-state index in [4.69, 9.17) is 0 Å². The standard InChI is InChI=1S/C20H27NO/c1-15(21-20(22)18-8-3-2-4-9-18)13-16-11-12-17-7-5-6-10-19(17)14-16/h6,10-12,14-15,18H,2-5,7-9,13H2,1H3,(H,21,22)/t15-/m1/s1. The third-order valence-electron chi connectivity index (χ3n) is 4.99. The first-order valence-corrected chi connectivity index (χ1v) is 8.81. The summed E-state index contributed by atoms with van der Waals surface area (Å²) in [4.78, 5) is 12.3. The van der Waals surface area contributed by atoms with E-state index < -0.39 is 0 Å². The third kappa shape index (κ3) is 3.79. The Balaban J connectivity index is 1.56. The highest BCUT2D eigenvalue weighted by Crippen LogP contribution is 2.24. The molecule has 2 aliphatic rings. The van der Waals surface area contributed by atoms with Crippen LogP contribution in [0.5, 0.6) is 0 Å². The molecule has 1 saturated carbocycles. The number of benzene rings is 1. The number of amides is 1. The van der Waals surface area contributed by atoms with Crippen LogP contribution in [0.25, 0.3) is 6.08 Å². The lowest BCUT2D eigenvalue weighted by molar-refractivity contribution is -0.126. The van der Waals surface area contributed by atoms with Crippen molar-refractivity contribution in [3.63, 3.8) is 0 Å². The molecule has 1 fully saturated rings. The first-order valence-electron chi connectivity index (χ1n) is 8.81. The van der Waals surface area contributed by atoms with Crippen molar-refractivity contribution >= 4 is 12.0 Å². The Hall–Kier alpha value is -1.57. The largest absolute Gasteiger partial charge is 0.353 e. The van der Waals surface area contributed by atoms with Crippen LogP contribution in [-0.2, 0) is 17.6 Å². The lowest BCUT2D eigenvalue weighted by Gasteiger charge is -2.23. The molecule has 0 spiro atoms. The first-order chi connectivity index (χ1) is 10.7. The number of fused-ring (bicyclic) bond motifs is 1. The summed E-state index contributed by atoms with van der Waals surface area (Å²) in [5, 5.41) is 3.22. The molecule has 22 heavy (non-hydrogen) atoms. The van der Waals surface area contributed by atoms with Crippen LogP contribution < -0.4 is 5.32 Å². The van der Waals surface area contributed by atoms with E-state index in [0.717, 1.165) is 32.1 Å². The van der Waals surface area contributed by atoms with Crippen LogP contribution in [0, 0.1) is 5.92 Å². The van der Waals surface area contributed by atoms with E-state index in [1.807, 2.05) is 0 Å². The predicted molar refractivity (Wildman–Crippen MR) is 91.7 cm³/mol. The highest BCUT2D eigenvalue weighted by molar-refractivity contribution is 5.79. The minimum absolute atomic E-state index is 0.208. The molecular formula is C20H27NO. The zero-order valence-corrected chi connectivity index (χ0v) is 13.6. The summed E-state index contributed by atoms with van der Waals surface area (Å²) in [5.74, 6) is 0.521. The number of hydrogen-bond acceptors (Lipinski definition) is 1.